The number of hydrogen-bond donors (Lipinski definition) is 8. The van der Waals surface area contributed by atoms with Crippen molar-refractivity contribution in [3.63, 3.8) is 0 Å². The molecule has 0 aromatic rings. The summed E-state index contributed by atoms with van der Waals surface area (Å²) in [6, 6.07) is -1.19. The number of aliphatic hydroxyl groups excluding tert-OH is 7. The maximum Gasteiger partial charge on any atom is 0.249 e. The van der Waals surface area contributed by atoms with E-state index in [9.17, 15) is 40.5 Å². The number of carbonyl (C=O) groups excluding carboxylic acids is 1. The molecule has 0 aromatic carbocycles. The first kappa shape index (κ1) is 67.6. The number of aliphatic hydroxyl groups is 7. The summed E-state index contributed by atoms with van der Waals surface area (Å²) in [4.78, 5) is 13.2. The Bertz CT molecular complexity index is 1200. The van der Waals surface area contributed by atoms with Crippen LogP contribution in [0.15, 0.2) is 24.3 Å². The summed E-state index contributed by atoms with van der Waals surface area (Å²) in [6.07, 6.45) is 48.1. The Morgan fingerprint density at radius 1 is 0.479 bits per heavy atom. The van der Waals surface area contributed by atoms with Gasteiger partial charge in [0.25, 0.3) is 0 Å². The summed E-state index contributed by atoms with van der Waals surface area (Å²) in [5.41, 5.74) is 0. The van der Waals surface area contributed by atoms with Crippen molar-refractivity contribution in [1.29, 1.82) is 0 Å². The number of hydrogen-bond acceptors (Lipinski definition) is 10. The van der Waals surface area contributed by atoms with Gasteiger partial charge in [-0.1, -0.05) is 256 Å². The van der Waals surface area contributed by atoms with E-state index < -0.39 is 74.2 Å². The smallest absolute Gasteiger partial charge is 0.249 e. The number of ether oxygens (including phenoxy) is 2. The van der Waals surface area contributed by atoms with E-state index in [1.165, 1.54) is 199 Å². The van der Waals surface area contributed by atoms with E-state index in [-0.39, 0.29) is 12.8 Å². The molecule has 0 spiro atoms. The van der Waals surface area contributed by atoms with Gasteiger partial charge in [0.1, 0.15) is 36.6 Å². The largest absolute Gasteiger partial charge is 0.394 e. The summed E-state index contributed by atoms with van der Waals surface area (Å²) >= 11 is 0. The molecule has 71 heavy (non-hydrogen) atoms. The molecule has 1 fully saturated rings. The van der Waals surface area contributed by atoms with Crippen molar-refractivity contribution in [2.24, 2.45) is 0 Å². The minimum absolute atomic E-state index is 0.249. The molecule has 1 heterocycles. The molecule has 0 saturated carbocycles. The fraction of sp³-hybridized carbons (Fsp3) is 0.917. The summed E-state index contributed by atoms with van der Waals surface area (Å²) in [5.74, 6) is -0.705. The summed E-state index contributed by atoms with van der Waals surface area (Å²) in [7, 11) is 0. The highest BCUT2D eigenvalue weighted by molar-refractivity contribution is 5.80. The Balaban J connectivity index is 2.32. The number of carbonyl (C=O) groups is 1. The van der Waals surface area contributed by atoms with E-state index in [2.05, 4.69) is 43.5 Å². The molecule has 0 aliphatic carbocycles. The van der Waals surface area contributed by atoms with Crippen LogP contribution in [0.4, 0.5) is 0 Å². The summed E-state index contributed by atoms with van der Waals surface area (Å²) in [6.45, 7) is 3.47. The molecular formula is C60H115NO10. The van der Waals surface area contributed by atoms with Gasteiger partial charge in [-0.25, -0.2) is 0 Å². The summed E-state index contributed by atoms with van der Waals surface area (Å²) < 4.78 is 11.1. The minimum atomic E-state index is -1.67. The Kier molecular flexibility index (Phi) is 47.1. The van der Waals surface area contributed by atoms with E-state index in [0.717, 1.165) is 38.5 Å². The molecule has 1 saturated heterocycles. The van der Waals surface area contributed by atoms with Crippen molar-refractivity contribution in [3.8, 4) is 0 Å². The first-order chi connectivity index (χ1) is 34.7. The number of allylic oxidation sites excluding steroid dienone is 4. The molecular weight excluding hydrogens is 895 g/mol. The lowest BCUT2D eigenvalue weighted by Gasteiger charge is -2.40. The average molecular weight is 1010 g/mol. The monoisotopic (exact) mass is 1010 g/mol. The average Bonchev–Trinajstić information content (AvgIpc) is 3.37. The van der Waals surface area contributed by atoms with Crippen molar-refractivity contribution in [2.45, 2.75) is 339 Å². The zero-order valence-corrected chi connectivity index (χ0v) is 46.0. The molecule has 9 unspecified atom stereocenters. The Morgan fingerprint density at radius 3 is 1.25 bits per heavy atom. The van der Waals surface area contributed by atoms with Crippen molar-refractivity contribution in [2.75, 3.05) is 13.2 Å². The van der Waals surface area contributed by atoms with Gasteiger partial charge in [0.2, 0.25) is 5.91 Å². The van der Waals surface area contributed by atoms with Gasteiger partial charge in [0.05, 0.1) is 25.4 Å². The fourth-order valence-corrected chi connectivity index (χ4v) is 9.81. The highest BCUT2D eigenvalue weighted by atomic mass is 16.7. The SMILES string of the molecule is CCCCCCCCCCCCCCCC/C=C/CC/C=C/CCCC(O)C(O)C(COC1OC(CO)C(O)C(O)C1O)NC(=O)C(O)CCCCCCCCCCCCCCCCCCCCCCC. The van der Waals surface area contributed by atoms with Crippen molar-refractivity contribution >= 4 is 5.91 Å². The lowest BCUT2D eigenvalue weighted by Crippen LogP contribution is -2.60. The van der Waals surface area contributed by atoms with Crippen molar-refractivity contribution in [3.05, 3.63) is 24.3 Å². The lowest BCUT2D eigenvalue weighted by molar-refractivity contribution is -0.303. The molecule has 8 N–H and O–H groups in total. The molecule has 420 valence electrons. The van der Waals surface area contributed by atoms with E-state index in [1.54, 1.807) is 0 Å². The molecule has 1 amide bonds. The van der Waals surface area contributed by atoms with Crippen LogP contribution < -0.4 is 5.32 Å². The highest BCUT2D eigenvalue weighted by Gasteiger charge is 2.44. The molecule has 11 heteroatoms. The van der Waals surface area contributed by atoms with Crippen LogP contribution in [-0.2, 0) is 14.3 Å². The van der Waals surface area contributed by atoms with Crippen LogP contribution in [-0.4, -0.2) is 110 Å². The zero-order valence-electron chi connectivity index (χ0n) is 46.0. The van der Waals surface area contributed by atoms with Crippen LogP contribution in [0, 0.1) is 0 Å². The van der Waals surface area contributed by atoms with Crippen molar-refractivity contribution < 1.29 is 50.0 Å². The van der Waals surface area contributed by atoms with Crippen LogP contribution in [0.25, 0.3) is 0 Å². The molecule has 0 bridgehead atoms. The van der Waals surface area contributed by atoms with E-state index >= 15 is 0 Å². The maximum atomic E-state index is 13.2. The third-order valence-corrected chi connectivity index (χ3v) is 14.7. The summed E-state index contributed by atoms with van der Waals surface area (Å²) in [5, 5.41) is 76.2. The number of amides is 1. The predicted molar refractivity (Wildman–Crippen MR) is 293 cm³/mol. The van der Waals surface area contributed by atoms with Gasteiger partial charge in [0.15, 0.2) is 6.29 Å². The second-order valence-corrected chi connectivity index (χ2v) is 21.4. The molecule has 9 atom stereocenters. The van der Waals surface area contributed by atoms with E-state index in [1.807, 2.05) is 0 Å². The van der Waals surface area contributed by atoms with Gasteiger partial charge in [-0.15, -0.1) is 0 Å². The fourth-order valence-electron chi connectivity index (χ4n) is 9.81. The maximum absolute atomic E-state index is 13.2. The minimum Gasteiger partial charge on any atom is -0.394 e. The van der Waals surface area contributed by atoms with Crippen LogP contribution in [0.2, 0.25) is 0 Å². The second kappa shape index (κ2) is 49.5. The molecule has 0 radical (unpaired) electrons. The Morgan fingerprint density at radius 2 is 0.845 bits per heavy atom. The number of rotatable bonds is 52. The zero-order chi connectivity index (χ0) is 51.8. The molecule has 1 aliphatic rings. The van der Waals surface area contributed by atoms with Crippen LogP contribution in [0.3, 0.4) is 0 Å². The van der Waals surface area contributed by atoms with E-state index in [4.69, 9.17) is 9.47 Å². The topological polar surface area (TPSA) is 189 Å². The molecule has 1 rings (SSSR count). The van der Waals surface area contributed by atoms with Gasteiger partial charge in [-0.2, -0.15) is 0 Å². The second-order valence-electron chi connectivity index (χ2n) is 21.4. The quantitative estimate of drug-likeness (QED) is 0.0215. The Hall–Kier alpha value is -1.41. The third-order valence-electron chi connectivity index (χ3n) is 14.7. The molecule has 1 aliphatic heterocycles. The van der Waals surface area contributed by atoms with Gasteiger partial charge in [-0.05, 0) is 51.4 Å². The predicted octanol–water partition coefficient (Wildman–Crippen LogP) is 12.9. The highest BCUT2D eigenvalue weighted by Crippen LogP contribution is 2.23. The van der Waals surface area contributed by atoms with Gasteiger partial charge < -0.3 is 50.5 Å². The molecule has 0 aromatic heterocycles. The Labute approximate surface area is 435 Å². The number of nitrogens with one attached hydrogen (secondary N) is 1. The number of unbranched alkanes of at least 4 members (excludes halogenated alkanes) is 36. The van der Waals surface area contributed by atoms with Gasteiger partial charge in [-0.3, -0.25) is 4.79 Å². The molecule has 11 nitrogen and oxygen atoms in total. The van der Waals surface area contributed by atoms with E-state index in [0.29, 0.717) is 19.3 Å². The van der Waals surface area contributed by atoms with Crippen LogP contribution >= 0.6 is 0 Å². The van der Waals surface area contributed by atoms with Gasteiger partial charge >= 0.3 is 0 Å². The standard InChI is InChI=1S/C60H115NO10/c1-3-5-7-9-11-13-15-17-19-21-23-25-26-28-29-31-33-35-37-39-41-43-45-47-52(63)55(65)51(50-70-60-58(68)57(67)56(66)54(49-62)71-60)61-59(69)53(64)48-46-44-42-40-38-36-34-32-30-27-24-22-20-18-16-14-12-10-8-6-4-2/h31,33,39,41,51-58,60,62-68H,3-30,32,34-38,40,42-50H2,1-2H3,(H,61,69)/b33-31+,41-39+. The third kappa shape index (κ3) is 37.9. The normalized spacial score (nSPS) is 20.3. The van der Waals surface area contributed by atoms with Crippen LogP contribution in [0.1, 0.15) is 284 Å². The van der Waals surface area contributed by atoms with Crippen molar-refractivity contribution in [1.82, 2.24) is 5.32 Å². The van der Waals surface area contributed by atoms with Crippen LogP contribution in [0.5, 0.6) is 0 Å². The first-order valence-corrected chi connectivity index (χ1v) is 30.2. The lowest BCUT2D eigenvalue weighted by atomic mass is 9.98. The van der Waals surface area contributed by atoms with Gasteiger partial charge in [0, 0.05) is 0 Å². The first-order valence-electron chi connectivity index (χ1n) is 30.2.